The van der Waals surface area contributed by atoms with E-state index in [2.05, 4.69) is 6.92 Å². The molecule has 1 unspecified atom stereocenters. The van der Waals surface area contributed by atoms with E-state index in [9.17, 15) is 0 Å². The lowest BCUT2D eigenvalue weighted by atomic mass is 10.4. The second kappa shape index (κ2) is 4.31. The summed E-state index contributed by atoms with van der Waals surface area (Å²) in [5.41, 5.74) is 0. The van der Waals surface area contributed by atoms with Crippen molar-refractivity contribution in [3.63, 3.8) is 0 Å². The highest BCUT2D eigenvalue weighted by Gasteiger charge is 1.81. The van der Waals surface area contributed by atoms with Crippen molar-refractivity contribution in [2.75, 3.05) is 12.0 Å². The smallest absolute Gasteiger partial charge is 0.00357 e. The standard InChI is InChI=1S/C5H13NS/c1-3-4-5-7(2)6/h6H,3-5H2,1-2H3. The Hall–Kier alpha value is 0.150. The molecule has 0 spiro atoms. The molecule has 0 amide bonds. The number of nitrogens with one attached hydrogen (secondary N) is 1. The van der Waals surface area contributed by atoms with E-state index < -0.39 is 0 Å². The molecule has 7 heavy (non-hydrogen) atoms. The average molecular weight is 119 g/mol. The van der Waals surface area contributed by atoms with E-state index in [4.69, 9.17) is 4.78 Å². The summed E-state index contributed by atoms with van der Waals surface area (Å²) in [4.78, 5) is 0. The molecule has 0 aliphatic carbocycles. The zero-order valence-corrected chi connectivity index (χ0v) is 5.85. The highest BCUT2D eigenvalue weighted by molar-refractivity contribution is 7.85. The van der Waals surface area contributed by atoms with Gasteiger partial charge in [-0.05, 0) is 12.7 Å². The Morgan fingerprint density at radius 1 is 1.57 bits per heavy atom. The maximum atomic E-state index is 7.11. The molecule has 0 aliphatic rings. The van der Waals surface area contributed by atoms with Crippen molar-refractivity contribution in [1.82, 2.24) is 0 Å². The first-order chi connectivity index (χ1) is 3.27. The van der Waals surface area contributed by atoms with Gasteiger partial charge in [-0.1, -0.05) is 13.3 Å². The average Bonchev–Trinajstić information content (AvgIpc) is 1.61. The first-order valence-electron chi connectivity index (χ1n) is 2.61. The summed E-state index contributed by atoms with van der Waals surface area (Å²) < 4.78 is 7.11. The minimum atomic E-state index is -0.0654. The summed E-state index contributed by atoms with van der Waals surface area (Å²) in [7, 11) is -0.0654. The van der Waals surface area contributed by atoms with Gasteiger partial charge < -0.3 is 0 Å². The van der Waals surface area contributed by atoms with Gasteiger partial charge in [0.05, 0.1) is 0 Å². The van der Waals surface area contributed by atoms with E-state index in [-0.39, 0.29) is 10.7 Å². The lowest BCUT2D eigenvalue weighted by molar-refractivity contribution is 0.894. The molecule has 2 heteroatoms. The third-order valence-corrected chi connectivity index (χ3v) is 1.71. The van der Waals surface area contributed by atoms with E-state index in [1.165, 1.54) is 12.8 Å². The Morgan fingerprint density at radius 3 is 2.29 bits per heavy atom. The van der Waals surface area contributed by atoms with E-state index in [0.717, 1.165) is 5.75 Å². The van der Waals surface area contributed by atoms with Gasteiger partial charge in [0.25, 0.3) is 0 Å². The molecule has 0 aromatic rings. The van der Waals surface area contributed by atoms with Crippen LogP contribution in [0.2, 0.25) is 0 Å². The molecule has 0 bridgehead atoms. The van der Waals surface area contributed by atoms with Crippen LogP contribution in [0.3, 0.4) is 0 Å². The lowest BCUT2D eigenvalue weighted by Crippen LogP contribution is -1.89. The summed E-state index contributed by atoms with van der Waals surface area (Å²) in [6.07, 6.45) is 4.43. The molecule has 1 N–H and O–H groups in total. The van der Waals surface area contributed by atoms with Crippen molar-refractivity contribution in [3.8, 4) is 0 Å². The summed E-state index contributed by atoms with van der Waals surface area (Å²) >= 11 is 0. The first kappa shape index (κ1) is 7.15. The van der Waals surface area contributed by atoms with E-state index in [0.29, 0.717) is 0 Å². The third kappa shape index (κ3) is 6.15. The normalized spacial score (nSPS) is 14.0. The number of hydrogen-bond acceptors (Lipinski definition) is 1. The lowest BCUT2D eigenvalue weighted by Gasteiger charge is -1.91. The van der Waals surface area contributed by atoms with Crippen LogP contribution < -0.4 is 0 Å². The third-order valence-electron chi connectivity index (χ3n) is 0.804. The Morgan fingerprint density at radius 2 is 2.14 bits per heavy atom. The van der Waals surface area contributed by atoms with Crippen molar-refractivity contribution >= 4 is 10.7 Å². The number of unbranched alkanes of at least 4 members (excludes halogenated alkanes) is 1. The zero-order valence-electron chi connectivity index (χ0n) is 5.03. The molecule has 0 aliphatic heterocycles. The fraction of sp³-hybridized carbons (Fsp3) is 1.00. The second-order valence-corrected chi connectivity index (χ2v) is 3.38. The minimum Gasteiger partial charge on any atom is -0.281 e. The molecule has 0 aromatic carbocycles. The Balaban J connectivity index is 2.82. The SMILES string of the molecule is CCCCS(C)=N. The van der Waals surface area contributed by atoms with Crippen LogP contribution in [-0.2, 0) is 10.7 Å². The molecule has 44 valence electrons. The Bertz CT molecular complexity index is 61.1. The van der Waals surface area contributed by atoms with Crippen LogP contribution in [-0.4, -0.2) is 12.0 Å². The quantitative estimate of drug-likeness (QED) is 0.585. The Labute approximate surface area is 48.0 Å². The largest absolute Gasteiger partial charge is 0.281 e. The van der Waals surface area contributed by atoms with Crippen molar-refractivity contribution < 1.29 is 0 Å². The van der Waals surface area contributed by atoms with E-state index in [1.54, 1.807) is 0 Å². The fourth-order valence-corrected chi connectivity index (χ4v) is 1.08. The predicted octanol–water partition coefficient (Wildman–Crippen LogP) is 1.80. The van der Waals surface area contributed by atoms with Crippen molar-refractivity contribution in [1.29, 1.82) is 4.78 Å². The van der Waals surface area contributed by atoms with Crippen LogP contribution in [0.5, 0.6) is 0 Å². The Kier molecular flexibility index (Phi) is 4.41. The van der Waals surface area contributed by atoms with Gasteiger partial charge in [-0.2, -0.15) is 0 Å². The van der Waals surface area contributed by atoms with Crippen LogP contribution in [0, 0.1) is 4.78 Å². The van der Waals surface area contributed by atoms with Gasteiger partial charge >= 0.3 is 0 Å². The van der Waals surface area contributed by atoms with Crippen molar-refractivity contribution in [2.24, 2.45) is 0 Å². The van der Waals surface area contributed by atoms with Gasteiger partial charge in [0.1, 0.15) is 0 Å². The molecule has 0 heterocycles. The highest BCUT2D eigenvalue weighted by atomic mass is 32.2. The van der Waals surface area contributed by atoms with Crippen LogP contribution in [0.1, 0.15) is 19.8 Å². The molecular formula is C5H13NS. The van der Waals surface area contributed by atoms with E-state index in [1.807, 2.05) is 6.26 Å². The summed E-state index contributed by atoms with van der Waals surface area (Å²) in [5, 5.41) is 0. The zero-order chi connectivity index (χ0) is 5.70. The fourth-order valence-electron chi connectivity index (χ4n) is 0.361. The maximum absolute atomic E-state index is 7.11. The second-order valence-electron chi connectivity index (χ2n) is 1.69. The van der Waals surface area contributed by atoms with Crippen molar-refractivity contribution in [2.45, 2.75) is 19.8 Å². The van der Waals surface area contributed by atoms with E-state index >= 15 is 0 Å². The summed E-state index contributed by atoms with van der Waals surface area (Å²) in [6.45, 7) is 2.16. The molecule has 1 atom stereocenters. The maximum Gasteiger partial charge on any atom is 0.00357 e. The van der Waals surface area contributed by atoms with Crippen LogP contribution >= 0.6 is 0 Å². The molecule has 0 aromatic heterocycles. The number of rotatable bonds is 3. The first-order valence-corrected chi connectivity index (χ1v) is 4.41. The summed E-state index contributed by atoms with van der Waals surface area (Å²) in [5.74, 6) is 1.09. The molecule has 0 fully saturated rings. The molecule has 0 saturated carbocycles. The highest BCUT2D eigenvalue weighted by Crippen LogP contribution is 1.87. The molecule has 0 saturated heterocycles. The van der Waals surface area contributed by atoms with Gasteiger partial charge in [-0.15, -0.1) is 10.7 Å². The van der Waals surface area contributed by atoms with Gasteiger partial charge in [0.15, 0.2) is 0 Å². The van der Waals surface area contributed by atoms with Crippen molar-refractivity contribution in [3.05, 3.63) is 0 Å². The molecular weight excluding hydrogens is 106 g/mol. The van der Waals surface area contributed by atoms with Crippen LogP contribution in [0.25, 0.3) is 0 Å². The molecule has 1 nitrogen and oxygen atoms in total. The number of hydrogen-bond donors (Lipinski definition) is 1. The van der Waals surface area contributed by atoms with Gasteiger partial charge in [0, 0.05) is 5.75 Å². The minimum absolute atomic E-state index is 0.0654. The predicted molar refractivity (Wildman–Crippen MR) is 35.8 cm³/mol. The van der Waals surface area contributed by atoms with Crippen LogP contribution in [0.4, 0.5) is 0 Å². The molecule has 0 radical (unpaired) electrons. The monoisotopic (exact) mass is 119 g/mol. The van der Waals surface area contributed by atoms with Crippen LogP contribution in [0.15, 0.2) is 0 Å². The van der Waals surface area contributed by atoms with Gasteiger partial charge in [-0.25, -0.2) is 0 Å². The topological polar surface area (TPSA) is 23.9 Å². The van der Waals surface area contributed by atoms with Gasteiger partial charge in [-0.3, -0.25) is 4.78 Å². The summed E-state index contributed by atoms with van der Waals surface area (Å²) in [6, 6.07) is 0. The molecule has 0 rings (SSSR count). The van der Waals surface area contributed by atoms with Gasteiger partial charge in [0.2, 0.25) is 0 Å².